The lowest BCUT2D eigenvalue weighted by molar-refractivity contribution is -0.173. The standard InChI is InChI=1S/C27H27NO5/c1-32-27(25(29)30,21-12-6-3-7-13-21)22-16-15-20-11-8-14-24(23(20)17-22)28-26(31)33-18-19-9-4-2-5-10-19/h2-14,22H,15-18H2,1H3,(H,28,31)(H,29,30)/t22?,27-/m0/s1. The van der Waals surface area contributed by atoms with Gasteiger partial charge in [0.1, 0.15) is 6.61 Å². The highest BCUT2D eigenvalue weighted by Gasteiger charge is 2.49. The van der Waals surface area contributed by atoms with Gasteiger partial charge in [-0.1, -0.05) is 72.8 Å². The van der Waals surface area contributed by atoms with Gasteiger partial charge in [-0.3, -0.25) is 5.32 Å². The largest absolute Gasteiger partial charge is 0.479 e. The molecule has 3 aromatic carbocycles. The number of hydrogen-bond acceptors (Lipinski definition) is 4. The zero-order valence-electron chi connectivity index (χ0n) is 18.5. The van der Waals surface area contributed by atoms with Gasteiger partial charge in [0.15, 0.2) is 5.60 Å². The molecule has 2 N–H and O–H groups in total. The van der Waals surface area contributed by atoms with Crippen LogP contribution in [0.15, 0.2) is 78.9 Å². The molecule has 4 rings (SSSR count). The van der Waals surface area contributed by atoms with Crippen molar-refractivity contribution in [2.45, 2.75) is 31.5 Å². The first-order chi connectivity index (χ1) is 16.0. The van der Waals surface area contributed by atoms with E-state index in [1.165, 1.54) is 7.11 Å². The normalized spacial score (nSPS) is 16.8. The lowest BCUT2D eigenvalue weighted by Crippen LogP contribution is -2.47. The summed E-state index contributed by atoms with van der Waals surface area (Å²) in [5.74, 6) is -1.32. The predicted molar refractivity (Wildman–Crippen MR) is 125 cm³/mol. The zero-order valence-corrected chi connectivity index (χ0v) is 18.5. The molecule has 0 spiro atoms. The summed E-state index contributed by atoms with van der Waals surface area (Å²) in [5, 5.41) is 13.1. The summed E-state index contributed by atoms with van der Waals surface area (Å²) < 4.78 is 11.1. The van der Waals surface area contributed by atoms with Crippen molar-refractivity contribution in [3.8, 4) is 0 Å². The second kappa shape index (κ2) is 9.88. The van der Waals surface area contributed by atoms with E-state index in [9.17, 15) is 14.7 Å². The topological polar surface area (TPSA) is 84.9 Å². The van der Waals surface area contributed by atoms with Gasteiger partial charge < -0.3 is 14.6 Å². The highest BCUT2D eigenvalue weighted by molar-refractivity contribution is 5.86. The van der Waals surface area contributed by atoms with Crippen molar-refractivity contribution in [1.29, 1.82) is 0 Å². The molecule has 0 saturated heterocycles. The highest BCUT2D eigenvalue weighted by atomic mass is 16.5. The van der Waals surface area contributed by atoms with Crippen molar-refractivity contribution in [3.63, 3.8) is 0 Å². The van der Waals surface area contributed by atoms with Crippen molar-refractivity contribution in [1.82, 2.24) is 0 Å². The molecule has 1 amide bonds. The molecular formula is C27H27NO5. The molecule has 0 radical (unpaired) electrons. The average Bonchev–Trinajstić information content (AvgIpc) is 2.85. The summed E-state index contributed by atoms with van der Waals surface area (Å²) in [6.45, 7) is 0.171. The number of aliphatic carboxylic acids is 1. The Balaban J connectivity index is 1.57. The number of carbonyl (C=O) groups excluding carboxylic acids is 1. The van der Waals surface area contributed by atoms with Gasteiger partial charge in [-0.05, 0) is 47.6 Å². The van der Waals surface area contributed by atoms with Crippen LogP contribution in [0.25, 0.3) is 0 Å². The van der Waals surface area contributed by atoms with Crippen LogP contribution in [-0.2, 0) is 39.3 Å². The maximum Gasteiger partial charge on any atom is 0.411 e. The minimum absolute atomic E-state index is 0.171. The maximum atomic E-state index is 12.5. The quantitative estimate of drug-likeness (QED) is 0.524. The van der Waals surface area contributed by atoms with Crippen molar-refractivity contribution >= 4 is 17.7 Å². The van der Waals surface area contributed by atoms with Crippen LogP contribution >= 0.6 is 0 Å². The van der Waals surface area contributed by atoms with Crippen molar-refractivity contribution in [3.05, 3.63) is 101 Å². The third-order valence-corrected chi connectivity index (χ3v) is 6.35. The molecule has 3 aromatic rings. The van der Waals surface area contributed by atoms with Crippen LogP contribution < -0.4 is 5.32 Å². The van der Waals surface area contributed by atoms with Crippen LogP contribution in [0.4, 0.5) is 10.5 Å². The Bertz CT molecular complexity index is 1120. The van der Waals surface area contributed by atoms with Crippen LogP contribution in [0.2, 0.25) is 0 Å². The van der Waals surface area contributed by atoms with Gasteiger partial charge in [-0.25, -0.2) is 9.59 Å². The van der Waals surface area contributed by atoms with Gasteiger partial charge in [0.25, 0.3) is 0 Å². The Morgan fingerprint density at radius 1 is 1.00 bits per heavy atom. The van der Waals surface area contributed by atoms with Gasteiger partial charge in [-0.2, -0.15) is 0 Å². The van der Waals surface area contributed by atoms with E-state index < -0.39 is 17.7 Å². The van der Waals surface area contributed by atoms with E-state index in [0.717, 1.165) is 16.7 Å². The van der Waals surface area contributed by atoms with Crippen LogP contribution in [0.1, 0.15) is 28.7 Å². The number of fused-ring (bicyclic) bond motifs is 1. The fraction of sp³-hybridized carbons (Fsp3) is 0.259. The van der Waals surface area contributed by atoms with E-state index in [1.54, 1.807) is 12.1 Å². The number of carboxylic acid groups (broad SMARTS) is 1. The van der Waals surface area contributed by atoms with Crippen LogP contribution in [0.3, 0.4) is 0 Å². The average molecular weight is 446 g/mol. The number of methoxy groups -OCH3 is 1. The molecule has 6 nitrogen and oxygen atoms in total. The van der Waals surface area contributed by atoms with E-state index in [4.69, 9.17) is 9.47 Å². The van der Waals surface area contributed by atoms with E-state index in [2.05, 4.69) is 5.32 Å². The van der Waals surface area contributed by atoms with Crippen LogP contribution in [0.5, 0.6) is 0 Å². The molecule has 33 heavy (non-hydrogen) atoms. The third kappa shape index (κ3) is 4.61. The Hall–Kier alpha value is -3.64. The number of benzene rings is 3. The number of nitrogens with one attached hydrogen (secondary N) is 1. The minimum atomic E-state index is -1.47. The van der Waals surface area contributed by atoms with Crippen molar-refractivity contribution in [2.75, 3.05) is 12.4 Å². The maximum absolute atomic E-state index is 12.5. The van der Waals surface area contributed by atoms with Gasteiger partial charge in [-0.15, -0.1) is 0 Å². The molecule has 0 saturated carbocycles. The summed E-state index contributed by atoms with van der Waals surface area (Å²) in [6.07, 6.45) is 1.26. The molecule has 0 fully saturated rings. The summed E-state index contributed by atoms with van der Waals surface area (Å²) in [7, 11) is 1.45. The number of hydrogen-bond donors (Lipinski definition) is 2. The van der Waals surface area contributed by atoms with E-state index in [1.807, 2.05) is 66.7 Å². The molecule has 1 aliphatic carbocycles. The molecule has 170 valence electrons. The number of carbonyl (C=O) groups is 2. The first-order valence-corrected chi connectivity index (χ1v) is 11.0. The SMILES string of the molecule is CO[C@@](C(=O)O)(c1ccccc1)C1CCc2cccc(NC(=O)OCc3ccccc3)c2C1. The summed E-state index contributed by atoms with van der Waals surface area (Å²) in [6, 6.07) is 24.3. The van der Waals surface area contributed by atoms with E-state index >= 15 is 0 Å². The number of ether oxygens (including phenoxy) is 2. The Morgan fingerprint density at radius 3 is 2.36 bits per heavy atom. The smallest absolute Gasteiger partial charge is 0.411 e. The molecule has 6 heteroatoms. The lowest BCUT2D eigenvalue weighted by Gasteiger charge is -2.39. The Labute approximate surface area is 193 Å². The fourth-order valence-electron chi connectivity index (χ4n) is 4.71. The molecule has 0 aliphatic heterocycles. The summed E-state index contributed by atoms with van der Waals surface area (Å²) >= 11 is 0. The second-order valence-electron chi connectivity index (χ2n) is 8.18. The first-order valence-electron chi connectivity index (χ1n) is 11.0. The lowest BCUT2D eigenvalue weighted by atomic mass is 9.71. The number of anilines is 1. The highest BCUT2D eigenvalue weighted by Crippen LogP contribution is 2.43. The molecular weight excluding hydrogens is 418 g/mol. The Kier molecular flexibility index (Phi) is 6.75. The number of aryl methyl sites for hydroxylation is 1. The number of amides is 1. The molecule has 1 unspecified atom stereocenters. The van der Waals surface area contributed by atoms with Gasteiger partial charge in [0.05, 0.1) is 0 Å². The third-order valence-electron chi connectivity index (χ3n) is 6.35. The number of rotatable bonds is 7. The molecule has 0 heterocycles. The second-order valence-corrected chi connectivity index (χ2v) is 8.18. The van der Waals surface area contributed by atoms with E-state index in [-0.39, 0.29) is 12.5 Å². The van der Waals surface area contributed by atoms with Gasteiger partial charge in [0, 0.05) is 18.7 Å². The van der Waals surface area contributed by atoms with Gasteiger partial charge in [0.2, 0.25) is 0 Å². The minimum Gasteiger partial charge on any atom is -0.479 e. The molecule has 0 bridgehead atoms. The zero-order chi connectivity index (χ0) is 23.3. The van der Waals surface area contributed by atoms with Gasteiger partial charge >= 0.3 is 12.1 Å². The van der Waals surface area contributed by atoms with Crippen LogP contribution in [0, 0.1) is 5.92 Å². The van der Waals surface area contributed by atoms with Crippen molar-refractivity contribution < 1.29 is 24.2 Å². The molecule has 1 aliphatic rings. The molecule has 0 aromatic heterocycles. The Morgan fingerprint density at radius 2 is 1.70 bits per heavy atom. The first kappa shape index (κ1) is 22.6. The molecule has 2 atom stereocenters. The summed E-state index contributed by atoms with van der Waals surface area (Å²) in [4.78, 5) is 25.0. The van der Waals surface area contributed by atoms with Crippen molar-refractivity contribution in [2.24, 2.45) is 5.92 Å². The fourth-order valence-corrected chi connectivity index (χ4v) is 4.71. The monoisotopic (exact) mass is 445 g/mol. The van der Waals surface area contributed by atoms with E-state index in [0.29, 0.717) is 30.5 Å². The predicted octanol–water partition coefficient (Wildman–Crippen LogP) is 5.17. The summed E-state index contributed by atoms with van der Waals surface area (Å²) in [5.41, 5.74) is 2.69. The number of carboxylic acids is 1. The van der Waals surface area contributed by atoms with Crippen LogP contribution in [-0.4, -0.2) is 24.3 Å².